The number of thiazole rings is 1. The zero-order chi connectivity index (χ0) is 17.1. The number of amides is 1. The fourth-order valence-corrected chi connectivity index (χ4v) is 3.24. The average molecular weight is 352 g/mol. The molecule has 5 nitrogen and oxygen atoms in total. The van der Waals surface area contributed by atoms with E-state index in [1.54, 1.807) is 5.51 Å². The minimum absolute atomic E-state index is 0.180. The van der Waals surface area contributed by atoms with Crippen LogP contribution < -0.4 is 14.8 Å². The summed E-state index contributed by atoms with van der Waals surface area (Å²) >= 11 is 1.52. The first-order valence-corrected chi connectivity index (χ1v) is 8.88. The first-order valence-electron chi connectivity index (χ1n) is 7.94. The number of rotatable bonds is 5. The number of nitrogens with zero attached hydrogens (tertiary/aromatic N) is 1. The van der Waals surface area contributed by atoms with Gasteiger partial charge in [0.1, 0.15) is 18.1 Å². The molecule has 25 heavy (non-hydrogen) atoms. The SMILES string of the molecule is O=C(Nc1ccccc1OCc1cscn1)C1Cc2ccccc2O1. The van der Waals surface area contributed by atoms with E-state index in [9.17, 15) is 4.79 Å². The summed E-state index contributed by atoms with van der Waals surface area (Å²) in [6.45, 7) is 0.363. The third-order valence-corrected chi connectivity index (χ3v) is 4.58. The highest BCUT2D eigenvalue weighted by Crippen LogP contribution is 2.30. The van der Waals surface area contributed by atoms with Gasteiger partial charge in [0, 0.05) is 11.8 Å². The van der Waals surface area contributed by atoms with E-state index in [0.29, 0.717) is 24.5 Å². The molecule has 1 aromatic heterocycles. The Balaban J connectivity index is 1.43. The fraction of sp³-hybridized carbons (Fsp3) is 0.158. The molecule has 2 heterocycles. The number of carbonyl (C=O) groups excluding carboxylic acids is 1. The van der Waals surface area contributed by atoms with E-state index in [0.717, 1.165) is 17.0 Å². The van der Waals surface area contributed by atoms with Crippen LogP contribution in [0.4, 0.5) is 5.69 Å². The van der Waals surface area contributed by atoms with Gasteiger partial charge in [-0.1, -0.05) is 30.3 Å². The highest BCUT2D eigenvalue weighted by Gasteiger charge is 2.29. The second kappa shape index (κ2) is 6.94. The Kier molecular flexibility index (Phi) is 4.35. The Morgan fingerprint density at radius 1 is 1.24 bits per heavy atom. The largest absolute Gasteiger partial charge is 0.485 e. The molecule has 4 rings (SSSR count). The van der Waals surface area contributed by atoms with Gasteiger partial charge in [0.05, 0.1) is 16.9 Å². The van der Waals surface area contributed by atoms with E-state index in [1.807, 2.05) is 53.9 Å². The quantitative estimate of drug-likeness (QED) is 0.761. The maximum Gasteiger partial charge on any atom is 0.265 e. The number of carbonyl (C=O) groups is 1. The zero-order valence-electron chi connectivity index (χ0n) is 13.3. The smallest absolute Gasteiger partial charge is 0.265 e. The van der Waals surface area contributed by atoms with Crippen LogP contribution in [0, 0.1) is 0 Å². The van der Waals surface area contributed by atoms with Crippen molar-refractivity contribution < 1.29 is 14.3 Å². The number of ether oxygens (including phenoxy) is 2. The first kappa shape index (κ1) is 15.7. The molecule has 0 fully saturated rings. The van der Waals surface area contributed by atoms with Gasteiger partial charge in [0.2, 0.25) is 0 Å². The monoisotopic (exact) mass is 352 g/mol. The van der Waals surface area contributed by atoms with Gasteiger partial charge in [-0.3, -0.25) is 4.79 Å². The molecule has 1 aliphatic rings. The number of aromatic nitrogens is 1. The van der Waals surface area contributed by atoms with Gasteiger partial charge >= 0.3 is 0 Å². The van der Waals surface area contributed by atoms with Gasteiger partial charge < -0.3 is 14.8 Å². The minimum Gasteiger partial charge on any atom is -0.485 e. The van der Waals surface area contributed by atoms with Crippen molar-refractivity contribution in [2.75, 3.05) is 5.32 Å². The molecule has 0 bridgehead atoms. The van der Waals surface area contributed by atoms with Crippen LogP contribution in [0.25, 0.3) is 0 Å². The lowest BCUT2D eigenvalue weighted by atomic mass is 10.1. The van der Waals surface area contributed by atoms with E-state index >= 15 is 0 Å². The normalized spacial score (nSPS) is 15.3. The number of para-hydroxylation sites is 3. The third-order valence-electron chi connectivity index (χ3n) is 3.94. The van der Waals surface area contributed by atoms with Crippen molar-refractivity contribution >= 4 is 22.9 Å². The summed E-state index contributed by atoms with van der Waals surface area (Å²) in [6.07, 6.45) is 0.0492. The van der Waals surface area contributed by atoms with E-state index in [-0.39, 0.29) is 5.91 Å². The molecule has 1 atom stereocenters. The predicted molar refractivity (Wildman–Crippen MR) is 96.1 cm³/mol. The van der Waals surface area contributed by atoms with Gasteiger partial charge in [-0.2, -0.15) is 0 Å². The fourth-order valence-electron chi connectivity index (χ4n) is 2.70. The molecule has 0 aliphatic carbocycles. The van der Waals surface area contributed by atoms with Crippen LogP contribution in [0.1, 0.15) is 11.3 Å². The summed E-state index contributed by atoms with van der Waals surface area (Å²) in [5, 5.41) is 4.85. The molecule has 1 amide bonds. The lowest BCUT2D eigenvalue weighted by Crippen LogP contribution is -2.31. The van der Waals surface area contributed by atoms with Crippen LogP contribution in [0.15, 0.2) is 59.4 Å². The van der Waals surface area contributed by atoms with E-state index < -0.39 is 6.10 Å². The van der Waals surface area contributed by atoms with Gasteiger partial charge in [-0.05, 0) is 23.8 Å². The number of hydrogen-bond acceptors (Lipinski definition) is 5. The van der Waals surface area contributed by atoms with Gasteiger partial charge in [0.15, 0.2) is 6.10 Å². The summed E-state index contributed by atoms with van der Waals surface area (Å²) in [7, 11) is 0. The maximum absolute atomic E-state index is 12.6. The summed E-state index contributed by atoms with van der Waals surface area (Å²) < 4.78 is 11.5. The van der Waals surface area contributed by atoms with Crippen molar-refractivity contribution in [2.24, 2.45) is 0 Å². The van der Waals surface area contributed by atoms with Crippen molar-refractivity contribution in [3.8, 4) is 11.5 Å². The molecule has 0 saturated heterocycles. The van der Waals surface area contributed by atoms with Crippen molar-refractivity contribution in [3.63, 3.8) is 0 Å². The Morgan fingerprint density at radius 2 is 2.08 bits per heavy atom. The number of hydrogen-bond donors (Lipinski definition) is 1. The van der Waals surface area contributed by atoms with Crippen LogP contribution in [-0.2, 0) is 17.8 Å². The van der Waals surface area contributed by atoms with Crippen LogP contribution in [-0.4, -0.2) is 17.0 Å². The van der Waals surface area contributed by atoms with Gasteiger partial charge in [-0.25, -0.2) is 4.98 Å². The molecule has 2 aromatic carbocycles. The number of anilines is 1. The van der Waals surface area contributed by atoms with Crippen molar-refractivity contribution in [1.29, 1.82) is 0 Å². The summed E-state index contributed by atoms with van der Waals surface area (Å²) in [5.41, 5.74) is 4.31. The molecule has 126 valence electrons. The first-order chi connectivity index (χ1) is 12.3. The van der Waals surface area contributed by atoms with Crippen LogP contribution in [0.3, 0.4) is 0 Å². The number of benzene rings is 2. The number of nitrogens with one attached hydrogen (secondary N) is 1. The molecule has 1 N–H and O–H groups in total. The average Bonchev–Trinajstić information content (AvgIpc) is 3.30. The highest BCUT2D eigenvalue weighted by molar-refractivity contribution is 7.07. The van der Waals surface area contributed by atoms with Gasteiger partial charge in [0.25, 0.3) is 5.91 Å². The predicted octanol–water partition coefficient (Wildman–Crippen LogP) is 3.66. The zero-order valence-corrected chi connectivity index (χ0v) is 14.2. The topological polar surface area (TPSA) is 60.5 Å². The Labute approximate surface area is 149 Å². The molecule has 1 unspecified atom stereocenters. The van der Waals surface area contributed by atoms with Crippen LogP contribution in [0.5, 0.6) is 11.5 Å². The van der Waals surface area contributed by atoms with Crippen LogP contribution >= 0.6 is 11.3 Å². The van der Waals surface area contributed by atoms with Gasteiger partial charge in [-0.15, -0.1) is 11.3 Å². The molecule has 0 radical (unpaired) electrons. The summed E-state index contributed by atoms with van der Waals surface area (Å²) in [5.74, 6) is 1.20. The second-order valence-electron chi connectivity index (χ2n) is 5.67. The standard InChI is InChI=1S/C19H16N2O3S/c22-19(18-9-13-5-1-3-7-16(13)24-18)21-15-6-2-4-8-17(15)23-10-14-11-25-12-20-14/h1-8,11-12,18H,9-10H2,(H,21,22). The van der Waals surface area contributed by atoms with E-state index in [2.05, 4.69) is 10.3 Å². The Bertz CT molecular complexity index is 855. The summed E-state index contributed by atoms with van der Waals surface area (Å²) in [6, 6.07) is 15.1. The molecular weight excluding hydrogens is 336 g/mol. The highest BCUT2D eigenvalue weighted by atomic mass is 32.1. The lowest BCUT2D eigenvalue weighted by Gasteiger charge is -2.14. The Morgan fingerprint density at radius 3 is 2.92 bits per heavy atom. The van der Waals surface area contributed by atoms with E-state index in [4.69, 9.17) is 9.47 Å². The van der Waals surface area contributed by atoms with E-state index in [1.165, 1.54) is 11.3 Å². The summed E-state index contributed by atoms with van der Waals surface area (Å²) in [4.78, 5) is 16.8. The second-order valence-corrected chi connectivity index (χ2v) is 6.39. The molecule has 0 saturated carbocycles. The molecular formula is C19H16N2O3S. The lowest BCUT2D eigenvalue weighted by molar-refractivity contribution is -0.122. The van der Waals surface area contributed by atoms with Crippen molar-refractivity contribution in [2.45, 2.75) is 19.1 Å². The van der Waals surface area contributed by atoms with Crippen LogP contribution in [0.2, 0.25) is 0 Å². The molecule has 1 aliphatic heterocycles. The molecule has 3 aromatic rings. The number of fused-ring (bicyclic) bond motifs is 1. The molecule has 6 heteroatoms. The van der Waals surface area contributed by atoms with Crippen molar-refractivity contribution in [1.82, 2.24) is 4.98 Å². The maximum atomic E-state index is 12.6. The third kappa shape index (κ3) is 3.49. The molecule has 0 spiro atoms. The Hall–Kier alpha value is -2.86. The van der Waals surface area contributed by atoms with Crippen molar-refractivity contribution in [3.05, 3.63) is 70.7 Å². The minimum atomic E-state index is -0.524.